The Hall–Kier alpha value is -1.69. The number of ether oxygens (including phenoxy) is 1. The van der Waals surface area contributed by atoms with E-state index in [0.717, 1.165) is 0 Å². The number of nitrogens with one attached hydrogen (secondary N) is 1. The largest absolute Gasteiger partial charge is 0.482 e. The molecule has 0 radical (unpaired) electrons. The van der Waals surface area contributed by atoms with Crippen LogP contribution in [-0.2, 0) is 4.79 Å². The highest BCUT2D eigenvalue weighted by molar-refractivity contribution is 7.96. The number of carbonyl (C=O) groups excluding carboxylic acids is 2. The van der Waals surface area contributed by atoms with Crippen LogP contribution < -0.4 is 15.0 Å². The third-order valence-electron chi connectivity index (χ3n) is 2.30. The van der Waals surface area contributed by atoms with Crippen LogP contribution in [-0.4, -0.2) is 24.8 Å². The molecule has 1 aliphatic heterocycles. The van der Waals surface area contributed by atoms with Crippen LogP contribution in [0.5, 0.6) is 5.75 Å². The van der Waals surface area contributed by atoms with Gasteiger partial charge in [-0.15, -0.1) is 0 Å². The average Bonchev–Trinajstić information content (AvgIpc) is 2.23. The predicted molar refractivity (Wildman–Crippen MR) is 63.4 cm³/mol. The van der Waals surface area contributed by atoms with Gasteiger partial charge in [0.2, 0.25) is 0 Å². The molecule has 0 atom stereocenters. The molecule has 0 saturated heterocycles. The summed E-state index contributed by atoms with van der Waals surface area (Å²) in [5, 5.41) is 2.07. The van der Waals surface area contributed by atoms with E-state index in [1.807, 2.05) is 0 Å². The molecule has 2 amide bonds. The van der Waals surface area contributed by atoms with E-state index >= 15 is 0 Å². The molecule has 2 rings (SSSR count). The van der Waals surface area contributed by atoms with Gasteiger partial charge in [-0.05, 0) is 18.2 Å². The average molecular weight is 238 g/mol. The lowest BCUT2D eigenvalue weighted by atomic mass is 10.2. The summed E-state index contributed by atoms with van der Waals surface area (Å²) in [4.78, 5) is 23.7. The topological polar surface area (TPSA) is 58.6 Å². The highest BCUT2D eigenvalue weighted by Crippen LogP contribution is 2.33. The Kier molecular flexibility index (Phi) is 2.74. The van der Waals surface area contributed by atoms with Crippen LogP contribution in [0.3, 0.4) is 0 Å². The van der Waals surface area contributed by atoms with E-state index in [1.165, 1.54) is 4.90 Å². The van der Waals surface area contributed by atoms with Crippen LogP contribution in [0.25, 0.3) is 0 Å². The molecule has 0 fully saturated rings. The van der Waals surface area contributed by atoms with Gasteiger partial charge in [0.05, 0.1) is 5.69 Å². The number of likely N-dealkylation sites (N-methyl/N-ethyl adjacent to an activating group) is 1. The summed E-state index contributed by atoms with van der Waals surface area (Å²) >= 11 is 3.61. The molecule has 1 heterocycles. The van der Waals surface area contributed by atoms with E-state index in [0.29, 0.717) is 17.1 Å². The molecule has 1 aromatic rings. The highest BCUT2D eigenvalue weighted by atomic mass is 32.1. The van der Waals surface area contributed by atoms with E-state index < -0.39 is 5.24 Å². The van der Waals surface area contributed by atoms with Gasteiger partial charge >= 0.3 is 0 Å². The zero-order valence-corrected chi connectivity index (χ0v) is 9.45. The molecule has 84 valence electrons. The maximum absolute atomic E-state index is 11.4. The van der Waals surface area contributed by atoms with Crippen molar-refractivity contribution < 1.29 is 14.3 Å². The molecule has 1 N–H and O–H groups in total. The summed E-state index contributed by atoms with van der Waals surface area (Å²) in [6, 6.07) is 5.06. The van der Waals surface area contributed by atoms with Crippen molar-refractivity contribution in [3.63, 3.8) is 0 Å². The summed E-state index contributed by atoms with van der Waals surface area (Å²) < 4.78 is 5.24. The first-order chi connectivity index (χ1) is 7.58. The normalized spacial score (nSPS) is 14.1. The van der Waals surface area contributed by atoms with Crippen molar-refractivity contribution in [1.29, 1.82) is 0 Å². The molecule has 1 aromatic carbocycles. The molecule has 0 unspecified atom stereocenters. The van der Waals surface area contributed by atoms with Crippen molar-refractivity contribution in [2.24, 2.45) is 0 Å². The number of nitrogens with zero attached hydrogens (tertiary/aromatic N) is 1. The van der Waals surface area contributed by atoms with Crippen molar-refractivity contribution >= 4 is 35.1 Å². The minimum atomic E-state index is -0.453. The summed E-state index contributed by atoms with van der Waals surface area (Å²) in [7, 11) is 1.66. The standard InChI is InChI=1S/C10H10N2O3S/c1-12-7-4-6(11-10(14)16)2-3-8(7)15-5-9(12)13/h2-4H,5H2,1H3,(H2,11,14,16). The molecule has 0 saturated carbocycles. The number of anilines is 2. The number of hydrogen-bond acceptors (Lipinski definition) is 3. The smallest absolute Gasteiger partial charge is 0.280 e. The van der Waals surface area contributed by atoms with E-state index in [-0.39, 0.29) is 12.5 Å². The van der Waals surface area contributed by atoms with Gasteiger partial charge in [0, 0.05) is 12.7 Å². The fourth-order valence-corrected chi connectivity index (χ4v) is 1.60. The summed E-state index contributed by atoms with van der Waals surface area (Å²) in [6.07, 6.45) is 0. The number of benzene rings is 1. The van der Waals surface area contributed by atoms with Gasteiger partial charge in [0.15, 0.2) is 6.61 Å². The fourth-order valence-electron chi connectivity index (χ4n) is 1.47. The van der Waals surface area contributed by atoms with Crippen LogP contribution in [0.1, 0.15) is 0 Å². The number of carbonyl (C=O) groups is 2. The zero-order chi connectivity index (χ0) is 11.7. The van der Waals surface area contributed by atoms with Crippen molar-refractivity contribution in [3.05, 3.63) is 18.2 Å². The molecule has 0 bridgehead atoms. The van der Waals surface area contributed by atoms with Crippen molar-refractivity contribution in [1.82, 2.24) is 0 Å². The third kappa shape index (κ3) is 1.96. The predicted octanol–water partition coefficient (Wildman–Crippen LogP) is 1.50. The Balaban J connectivity index is 2.36. The van der Waals surface area contributed by atoms with E-state index in [9.17, 15) is 9.59 Å². The van der Waals surface area contributed by atoms with Crippen molar-refractivity contribution in [3.8, 4) is 5.75 Å². The molecule has 0 aromatic heterocycles. The highest BCUT2D eigenvalue weighted by Gasteiger charge is 2.22. The van der Waals surface area contributed by atoms with Crippen LogP contribution in [0.2, 0.25) is 0 Å². The summed E-state index contributed by atoms with van der Waals surface area (Å²) in [5.74, 6) is 0.501. The number of amides is 2. The van der Waals surface area contributed by atoms with Crippen LogP contribution in [0, 0.1) is 0 Å². The second-order valence-corrected chi connectivity index (χ2v) is 3.76. The Morgan fingerprint density at radius 3 is 3.00 bits per heavy atom. The van der Waals surface area contributed by atoms with E-state index in [4.69, 9.17) is 4.74 Å². The quantitative estimate of drug-likeness (QED) is 0.729. The molecular formula is C10H10N2O3S. The number of hydrogen-bond donors (Lipinski definition) is 2. The van der Waals surface area contributed by atoms with Crippen LogP contribution >= 0.6 is 12.6 Å². The second kappa shape index (κ2) is 4.05. The monoisotopic (exact) mass is 238 g/mol. The Morgan fingerprint density at radius 2 is 2.31 bits per heavy atom. The zero-order valence-electron chi connectivity index (χ0n) is 8.56. The van der Waals surface area contributed by atoms with Gasteiger partial charge in [0.1, 0.15) is 5.75 Å². The second-order valence-electron chi connectivity index (χ2n) is 3.35. The first-order valence-electron chi connectivity index (χ1n) is 4.61. The fraction of sp³-hybridized carbons (Fsp3) is 0.200. The number of fused-ring (bicyclic) bond motifs is 1. The van der Waals surface area contributed by atoms with E-state index in [2.05, 4.69) is 17.9 Å². The number of thiol groups is 1. The van der Waals surface area contributed by atoms with Gasteiger partial charge in [-0.1, -0.05) is 12.6 Å². The van der Waals surface area contributed by atoms with E-state index in [1.54, 1.807) is 25.2 Å². The SMILES string of the molecule is CN1C(=O)COc2ccc(NC(=O)S)cc21. The third-order valence-corrected chi connectivity index (χ3v) is 2.41. The molecule has 6 heteroatoms. The first-order valence-corrected chi connectivity index (χ1v) is 5.06. The van der Waals surface area contributed by atoms with Gasteiger partial charge < -0.3 is 15.0 Å². The van der Waals surface area contributed by atoms with Crippen molar-refractivity contribution in [2.45, 2.75) is 0 Å². The van der Waals surface area contributed by atoms with Gasteiger partial charge in [-0.2, -0.15) is 0 Å². The summed E-state index contributed by atoms with van der Waals surface area (Å²) in [5.41, 5.74) is 1.21. The summed E-state index contributed by atoms with van der Waals surface area (Å²) in [6.45, 7) is 0.0434. The molecule has 16 heavy (non-hydrogen) atoms. The number of rotatable bonds is 1. The van der Waals surface area contributed by atoms with Gasteiger partial charge in [0.25, 0.3) is 11.1 Å². The molecule has 0 aliphatic carbocycles. The Bertz CT molecular complexity index is 461. The van der Waals surface area contributed by atoms with Gasteiger partial charge in [-0.3, -0.25) is 9.59 Å². The molecule has 1 aliphatic rings. The van der Waals surface area contributed by atoms with Crippen molar-refractivity contribution in [2.75, 3.05) is 23.9 Å². The Morgan fingerprint density at radius 1 is 1.56 bits per heavy atom. The first kappa shape index (κ1) is 10.8. The van der Waals surface area contributed by atoms with Gasteiger partial charge in [-0.25, -0.2) is 0 Å². The maximum atomic E-state index is 11.4. The Labute approximate surface area is 97.8 Å². The molecule has 0 spiro atoms. The minimum Gasteiger partial charge on any atom is -0.482 e. The minimum absolute atomic E-state index is 0.0434. The molecular weight excluding hydrogens is 228 g/mol. The van der Waals surface area contributed by atoms with Crippen LogP contribution in [0.15, 0.2) is 18.2 Å². The lowest BCUT2D eigenvalue weighted by Crippen LogP contribution is -2.35. The molecule has 5 nitrogen and oxygen atoms in total. The lowest BCUT2D eigenvalue weighted by molar-refractivity contribution is -0.120. The lowest BCUT2D eigenvalue weighted by Gasteiger charge is -2.26. The maximum Gasteiger partial charge on any atom is 0.280 e. The van der Waals surface area contributed by atoms with Crippen LogP contribution in [0.4, 0.5) is 16.2 Å².